The Bertz CT molecular complexity index is 1800. The van der Waals surface area contributed by atoms with Gasteiger partial charge in [0.05, 0.1) is 30.9 Å². The van der Waals surface area contributed by atoms with Crippen molar-refractivity contribution in [1.82, 2.24) is 9.97 Å². The third-order valence-corrected chi connectivity index (χ3v) is 6.98. The van der Waals surface area contributed by atoms with Crippen LogP contribution in [0.1, 0.15) is 15.9 Å². The van der Waals surface area contributed by atoms with Crippen LogP contribution in [0.15, 0.2) is 84.9 Å². The van der Waals surface area contributed by atoms with Crippen molar-refractivity contribution in [1.29, 1.82) is 0 Å². The van der Waals surface area contributed by atoms with E-state index in [0.29, 0.717) is 39.5 Å². The molecule has 12 heteroatoms. The van der Waals surface area contributed by atoms with Crippen LogP contribution in [0.25, 0.3) is 11.0 Å². The third kappa shape index (κ3) is 6.14. The number of carbonyl (C=O) groups excluding carboxylic acids is 1. The lowest BCUT2D eigenvalue weighted by Crippen LogP contribution is -2.22. The topological polar surface area (TPSA) is 126 Å². The number of para-hydroxylation sites is 2. The first-order valence-corrected chi connectivity index (χ1v) is 13.7. The van der Waals surface area contributed by atoms with Crippen LogP contribution in [-0.2, 0) is 11.3 Å². The zero-order chi connectivity index (χ0) is 29.8. The minimum atomic E-state index is -2.61. The molecule has 0 bridgehead atoms. The average molecular weight is 588 g/mol. The van der Waals surface area contributed by atoms with Crippen LogP contribution in [-0.4, -0.2) is 38.9 Å². The van der Waals surface area contributed by atoms with Gasteiger partial charge in [-0.25, -0.2) is 22.9 Å². The van der Waals surface area contributed by atoms with Gasteiger partial charge in [0.15, 0.2) is 11.6 Å². The number of hydrogen-bond donors (Lipinski definition) is 3. The maximum Gasteiger partial charge on any atom is 0.268 e. The Labute approximate surface area is 243 Å². The van der Waals surface area contributed by atoms with Gasteiger partial charge in [-0.05, 0) is 55.0 Å². The molecule has 1 unspecified atom stereocenters. The second-order valence-corrected chi connectivity index (χ2v) is 9.93. The van der Waals surface area contributed by atoms with Gasteiger partial charge in [0.2, 0.25) is 0 Å². The van der Waals surface area contributed by atoms with E-state index in [1.54, 1.807) is 61.5 Å². The Balaban J connectivity index is 1.56. The maximum atomic E-state index is 14.0. The van der Waals surface area contributed by atoms with E-state index in [1.807, 2.05) is 6.07 Å². The van der Waals surface area contributed by atoms with Gasteiger partial charge in [-0.1, -0.05) is 24.3 Å². The number of fused-ring (bicyclic) bond motifs is 1. The lowest BCUT2D eigenvalue weighted by molar-refractivity contribution is 0.102. The summed E-state index contributed by atoms with van der Waals surface area (Å²) in [5.74, 6) is 0.221. The van der Waals surface area contributed by atoms with Crippen LogP contribution < -0.4 is 24.4 Å². The molecular weight excluding hydrogens is 561 g/mol. The predicted molar refractivity (Wildman–Crippen MR) is 161 cm³/mol. The normalized spacial score (nSPS) is 11.5. The summed E-state index contributed by atoms with van der Waals surface area (Å²) in [6, 6.07) is 22.7. The first-order valence-electron chi connectivity index (χ1n) is 12.6. The summed E-state index contributed by atoms with van der Waals surface area (Å²) in [6.07, 6.45) is 0. The summed E-state index contributed by atoms with van der Waals surface area (Å²) < 4.78 is 49.2. The zero-order valence-electron chi connectivity index (χ0n) is 22.8. The van der Waals surface area contributed by atoms with E-state index in [1.165, 1.54) is 32.4 Å². The first-order chi connectivity index (χ1) is 20.2. The Hall–Kier alpha value is -5.07. The van der Waals surface area contributed by atoms with Gasteiger partial charge in [0.1, 0.15) is 17.3 Å². The number of ether oxygens (including phenoxy) is 2. The molecule has 0 radical (unpaired) electrons. The second kappa shape index (κ2) is 12.2. The molecular formula is C30H26FN5O5S. The summed E-state index contributed by atoms with van der Waals surface area (Å²) in [5, 5.41) is 5.88. The van der Waals surface area contributed by atoms with Crippen molar-refractivity contribution in [3.05, 3.63) is 102 Å². The summed E-state index contributed by atoms with van der Waals surface area (Å²) in [6.45, 7) is 1.60. The lowest BCUT2D eigenvalue weighted by Gasteiger charge is -2.23. The molecule has 10 nitrogen and oxygen atoms in total. The van der Waals surface area contributed by atoms with Gasteiger partial charge in [-0.3, -0.25) is 9.35 Å². The monoisotopic (exact) mass is 587 g/mol. The summed E-state index contributed by atoms with van der Waals surface area (Å²) in [7, 11) is 3.05. The number of benzene rings is 4. The molecule has 214 valence electrons. The zero-order valence-corrected chi connectivity index (χ0v) is 23.6. The van der Waals surface area contributed by atoms with Crippen LogP contribution >= 0.6 is 0 Å². The summed E-state index contributed by atoms with van der Waals surface area (Å²) >= 11 is -2.61. The minimum absolute atomic E-state index is 0.0420. The standard InChI is InChI=1S/C30H26FN5O5S/c1-18-11-12-19(13-25(18)31)30(37)33-20-7-6-8-22(14-20)36(42(38)39)29-28(34-26-9-4-5-10-27(26)35-29)32-21-15-23(40-2)17-24(16-21)41-3/h4-17H,1-3H3,(H,32,34)(H,33,37)(H,38,39). The van der Waals surface area contributed by atoms with E-state index in [0.717, 1.165) is 10.4 Å². The number of anilines is 5. The lowest BCUT2D eigenvalue weighted by atomic mass is 10.1. The Morgan fingerprint density at radius 2 is 1.57 bits per heavy atom. The third-order valence-electron chi connectivity index (χ3n) is 6.29. The van der Waals surface area contributed by atoms with Crippen molar-refractivity contribution in [2.24, 2.45) is 0 Å². The molecule has 0 aliphatic rings. The van der Waals surface area contributed by atoms with Crippen molar-refractivity contribution >= 4 is 56.9 Å². The number of aromatic nitrogens is 2. The van der Waals surface area contributed by atoms with Crippen molar-refractivity contribution in [3.8, 4) is 11.5 Å². The molecule has 1 aromatic heterocycles. The molecule has 0 fully saturated rings. The fourth-order valence-corrected chi connectivity index (χ4v) is 4.74. The smallest absolute Gasteiger partial charge is 0.268 e. The molecule has 5 rings (SSSR count). The van der Waals surface area contributed by atoms with Gasteiger partial charge in [0, 0.05) is 35.1 Å². The number of halogens is 1. The highest BCUT2D eigenvalue weighted by Crippen LogP contribution is 2.36. The number of methoxy groups -OCH3 is 2. The molecule has 0 saturated carbocycles. The number of amides is 1. The van der Waals surface area contributed by atoms with Crippen molar-refractivity contribution < 1.29 is 27.4 Å². The Morgan fingerprint density at radius 1 is 0.881 bits per heavy atom. The van der Waals surface area contributed by atoms with Crippen molar-refractivity contribution in [2.75, 3.05) is 29.2 Å². The molecule has 5 aromatic rings. The molecule has 0 spiro atoms. The highest BCUT2D eigenvalue weighted by Gasteiger charge is 2.24. The van der Waals surface area contributed by atoms with Crippen molar-refractivity contribution in [3.63, 3.8) is 0 Å². The highest BCUT2D eigenvalue weighted by atomic mass is 32.2. The van der Waals surface area contributed by atoms with E-state index in [2.05, 4.69) is 20.6 Å². The van der Waals surface area contributed by atoms with E-state index in [4.69, 9.17) is 9.47 Å². The summed E-state index contributed by atoms with van der Waals surface area (Å²) in [4.78, 5) is 22.2. The predicted octanol–water partition coefficient (Wildman–Crippen LogP) is 6.37. The van der Waals surface area contributed by atoms with Crippen LogP contribution in [0, 0.1) is 12.7 Å². The molecule has 1 amide bonds. The largest absolute Gasteiger partial charge is 0.497 e. The van der Waals surface area contributed by atoms with Crippen LogP contribution in [0.5, 0.6) is 11.5 Å². The number of aryl methyl sites for hydroxylation is 1. The Morgan fingerprint density at radius 3 is 2.21 bits per heavy atom. The minimum Gasteiger partial charge on any atom is -0.497 e. The van der Waals surface area contributed by atoms with E-state index < -0.39 is 23.0 Å². The van der Waals surface area contributed by atoms with E-state index in [9.17, 15) is 17.9 Å². The average Bonchev–Trinajstić information content (AvgIpc) is 2.98. The van der Waals surface area contributed by atoms with Crippen molar-refractivity contribution in [2.45, 2.75) is 6.92 Å². The van der Waals surface area contributed by atoms with Gasteiger partial charge in [0.25, 0.3) is 17.2 Å². The molecule has 1 atom stereocenters. The highest BCUT2D eigenvalue weighted by molar-refractivity contribution is 7.81. The second-order valence-electron chi connectivity index (χ2n) is 9.10. The number of nitrogens with one attached hydrogen (secondary N) is 2. The maximum absolute atomic E-state index is 14.0. The molecule has 42 heavy (non-hydrogen) atoms. The van der Waals surface area contributed by atoms with Gasteiger partial charge < -0.3 is 20.1 Å². The van der Waals surface area contributed by atoms with Crippen LogP contribution in [0.2, 0.25) is 0 Å². The van der Waals surface area contributed by atoms with Gasteiger partial charge in [-0.15, -0.1) is 0 Å². The quantitative estimate of drug-likeness (QED) is 0.170. The molecule has 0 aliphatic carbocycles. The molecule has 0 saturated heterocycles. The Kier molecular flexibility index (Phi) is 8.27. The SMILES string of the molecule is COc1cc(Nc2nc3ccccc3nc2N(c2cccc(NC(=O)c3ccc(C)c(F)c3)c2)S(=O)O)cc(OC)c1. The van der Waals surface area contributed by atoms with E-state index >= 15 is 0 Å². The van der Waals surface area contributed by atoms with Gasteiger partial charge >= 0.3 is 0 Å². The first kappa shape index (κ1) is 28.5. The van der Waals surface area contributed by atoms with Crippen LogP contribution in [0.4, 0.5) is 33.1 Å². The molecule has 4 aromatic carbocycles. The molecule has 0 aliphatic heterocycles. The number of nitrogens with zero attached hydrogens (tertiary/aromatic N) is 3. The van der Waals surface area contributed by atoms with E-state index in [-0.39, 0.29) is 22.9 Å². The number of carbonyl (C=O) groups is 1. The number of rotatable bonds is 9. The summed E-state index contributed by atoms with van der Waals surface area (Å²) in [5.41, 5.74) is 2.67. The molecule has 3 N–H and O–H groups in total. The fraction of sp³-hybridized carbons (Fsp3) is 0.100. The fourth-order valence-electron chi connectivity index (χ4n) is 4.17. The van der Waals surface area contributed by atoms with Crippen LogP contribution in [0.3, 0.4) is 0 Å². The number of hydrogen-bond acceptors (Lipinski definition) is 7. The molecule has 1 heterocycles. The van der Waals surface area contributed by atoms with Gasteiger partial charge in [-0.2, -0.15) is 0 Å².